The minimum atomic E-state index is -0.166. The molecule has 0 bridgehead atoms. The van der Waals surface area contributed by atoms with Crippen molar-refractivity contribution in [3.63, 3.8) is 0 Å². The van der Waals surface area contributed by atoms with E-state index in [1.54, 1.807) is 11.0 Å². The van der Waals surface area contributed by atoms with E-state index in [-0.39, 0.29) is 18.7 Å². The van der Waals surface area contributed by atoms with Crippen molar-refractivity contribution in [1.29, 1.82) is 0 Å². The number of anilines is 1. The second-order valence-electron chi connectivity index (χ2n) is 5.41. The standard InChI is InChI=1S/C15H21ClN2O2/c1-10-5-4-8-18(14(10)9-19)15(20)17-13-7-3-6-12(16)11(13)2/h3,6-7,10,14,19H,4-5,8-9H2,1-2H3,(H,17,20). The zero-order valence-electron chi connectivity index (χ0n) is 11.9. The third-order valence-electron chi connectivity index (χ3n) is 4.07. The number of carbonyl (C=O) groups is 1. The Hall–Kier alpha value is -1.26. The Labute approximate surface area is 124 Å². The second kappa shape index (κ2) is 6.46. The molecule has 2 amide bonds. The van der Waals surface area contributed by atoms with Gasteiger partial charge in [-0.05, 0) is 43.4 Å². The van der Waals surface area contributed by atoms with Gasteiger partial charge in [0.2, 0.25) is 0 Å². The molecule has 20 heavy (non-hydrogen) atoms. The summed E-state index contributed by atoms with van der Waals surface area (Å²) in [6.07, 6.45) is 2.02. The van der Waals surface area contributed by atoms with Crippen molar-refractivity contribution in [2.75, 3.05) is 18.5 Å². The number of piperidine rings is 1. The lowest BCUT2D eigenvalue weighted by atomic mass is 9.91. The number of aliphatic hydroxyl groups is 1. The molecule has 2 atom stereocenters. The van der Waals surface area contributed by atoms with Gasteiger partial charge in [-0.1, -0.05) is 24.6 Å². The van der Waals surface area contributed by atoms with Crippen LogP contribution in [0.25, 0.3) is 0 Å². The van der Waals surface area contributed by atoms with Crippen LogP contribution in [0, 0.1) is 12.8 Å². The molecule has 110 valence electrons. The first-order chi connectivity index (χ1) is 9.54. The number of nitrogens with one attached hydrogen (secondary N) is 1. The fourth-order valence-corrected chi connectivity index (χ4v) is 2.88. The van der Waals surface area contributed by atoms with Gasteiger partial charge in [-0.2, -0.15) is 0 Å². The van der Waals surface area contributed by atoms with Crippen LogP contribution in [0.5, 0.6) is 0 Å². The molecule has 2 unspecified atom stereocenters. The maximum absolute atomic E-state index is 12.4. The van der Waals surface area contributed by atoms with E-state index in [9.17, 15) is 9.90 Å². The van der Waals surface area contributed by atoms with Crippen LogP contribution in [0.1, 0.15) is 25.3 Å². The predicted octanol–water partition coefficient (Wildman–Crippen LogP) is 3.27. The van der Waals surface area contributed by atoms with Gasteiger partial charge >= 0.3 is 6.03 Å². The van der Waals surface area contributed by atoms with Crippen molar-refractivity contribution in [2.24, 2.45) is 5.92 Å². The van der Waals surface area contributed by atoms with Crippen molar-refractivity contribution in [3.8, 4) is 0 Å². The number of urea groups is 1. The number of benzene rings is 1. The van der Waals surface area contributed by atoms with E-state index in [0.29, 0.717) is 17.5 Å². The van der Waals surface area contributed by atoms with Crippen LogP contribution in [-0.2, 0) is 0 Å². The lowest BCUT2D eigenvalue weighted by molar-refractivity contribution is 0.0811. The Morgan fingerprint density at radius 1 is 1.55 bits per heavy atom. The number of amides is 2. The summed E-state index contributed by atoms with van der Waals surface area (Å²) in [6, 6.07) is 5.17. The van der Waals surface area contributed by atoms with E-state index in [1.807, 2.05) is 19.1 Å². The molecule has 2 N–H and O–H groups in total. The fraction of sp³-hybridized carbons (Fsp3) is 0.533. The minimum absolute atomic E-state index is 0.00309. The van der Waals surface area contributed by atoms with Crippen LogP contribution in [0.3, 0.4) is 0 Å². The van der Waals surface area contributed by atoms with Gasteiger partial charge in [-0.3, -0.25) is 0 Å². The molecule has 1 aromatic carbocycles. The number of rotatable bonds is 2. The normalized spacial score (nSPS) is 22.7. The first-order valence-corrected chi connectivity index (χ1v) is 7.36. The molecule has 1 fully saturated rings. The molecular weight excluding hydrogens is 276 g/mol. The van der Waals surface area contributed by atoms with Gasteiger partial charge in [-0.15, -0.1) is 0 Å². The molecule has 4 nitrogen and oxygen atoms in total. The lowest BCUT2D eigenvalue weighted by Crippen LogP contribution is -2.51. The number of halogens is 1. The SMILES string of the molecule is Cc1c(Cl)cccc1NC(=O)N1CCCC(C)C1CO. The number of likely N-dealkylation sites (tertiary alicyclic amines) is 1. The largest absolute Gasteiger partial charge is 0.394 e. The van der Waals surface area contributed by atoms with Gasteiger partial charge in [-0.25, -0.2) is 4.79 Å². The summed E-state index contributed by atoms with van der Waals surface area (Å²) in [6.45, 7) is 4.63. The van der Waals surface area contributed by atoms with Gasteiger partial charge in [0.05, 0.1) is 12.6 Å². The molecule has 1 aliphatic rings. The molecule has 5 heteroatoms. The van der Waals surface area contributed by atoms with Crippen LogP contribution < -0.4 is 5.32 Å². The summed E-state index contributed by atoms with van der Waals surface area (Å²) in [5.74, 6) is 0.319. The van der Waals surface area contributed by atoms with Crippen LogP contribution in [-0.4, -0.2) is 35.2 Å². The highest BCUT2D eigenvalue weighted by Gasteiger charge is 2.31. The minimum Gasteiger partial charge on any atom is -0.394 e. The molecule has 0 aromatic heterocycles. The monoisotopic (exact) mass is 296 g/mol. The van der Waals surface area contributed by atoms with Crippen molar-refractivity contribution in [3.05, 3.63) is 28.8 Å². The summed E-state index contributed by atoms with van der Waals surface area (Å²) in [5, 5.41) is 13.0. The van der Waals surface area contributed by atoms with Gasteiger partial charge in [0.15, 0.2) is 0 Å². The van der Waals surface area contributed by atoms with Gasteiger partial charge in [0, 0.05) is 17.3 Å². The molecule has 0 aliphatic carbocycles. The van der Waals surface area contributed by atoms with Gasteiger partial charge in [0.1, 0.15) is 0 Å². The Morgan fingerprint density at radius 2 is 2.30 bits per heavy atom. The van der Waals surface area contributed by atoms with E-state index in [4.69, 9.17) is 11.6 Å². The number of nitrogens with zero attached hydrogens (tertiary/aromatic N) is 1. The average Bonchev–Trinajstić information content (AvgIpc) is 2.43. The van der Waals surface area contributed by atoms with Crippen LogP contribution in [0.15, 0.2) is 18.2 Å². The highest BCUT2D eigenvalue weighted by atomic mass is 35.5. The molecule has 1 saturated heterocycles. The zero-order valence-corrected chi connectivity index (χ0v) is 12.7. The molecular formula is C15H21ClN2O2. The number of carbonyl (C=O) groups excluding carboxylic acids is 1. The van der Waals surface area contributed by atoms with E-state index in [1.165, 1.54) is 0 Å². The quantitative estimate of drug-likeness (QED) is 0.880. The summed E-state index contributed by atoms with van der Waals surface area (Å²) in [5.41, 5.74) is 1.57. The number of hydrogen-bond acceptors (Lipinski definition) is 2. The molecule has 0 spiro atoms. The van der Waals surface area contributed by atoms with Crippen LogP contribution in [0.2, 0.25) is 5.02 Å². The predicted molar refractivity (Wildman–Crippen MR) is 81.2 cm³/mol. The summed E-state index contributed by atoms with van der Waals surface area (Å²) < 4.78 is 0. The molecule has 1 aromatic rings. The summed E-state index contributed by atoms with van der Waals surface area (Å²) in [7, 11) is 0. The number of aliphatic hydroxyl groups excluding tert-OH is 1. The van der Waals surface area contributed by atoms with Crippen molar-refractivity contribution in [2.45, 2.75) is 32.7 Å². The first kappa shape index (κ1) is 15.1. The second-order valence-corrected chi connectivity index (χ2v) is 5.81. The van der Waals surface area contributed by atoms with Crippen LogP contribution in [0.4, 0.5) is 10.5 Å². The first-order valence-electron chi connectivity index (χ1n) is 6.98. The summed E-state index contributed by atoms with van der Waals surface area (Å²) >= 11 is 6.06. The lowest BCUT2D eigenvalue weighted by Gasteiger charge is -2.39. The van der Waals surface area contributed by atoms with Gasteiger partial charge in [0.25, 0.3) is 0 Å². The molecule has 1 aliphatic heterocycles. The van der Waals surface area contributed by atoms with E-state index >= 15 is 0 Å². The van der Waals surface area contributed by atoms with Gasteiger partial charge < -0.3 is 15.3 Å². The summed E-state index contributed by atoms with van der Waals surface area (Å²) in [4.78, 5) is 14.1. The average molecular weight is 297 g/mol. The Balaban J connectivity index is 2.12. The maximum atomic E-state index is 12.4. The molecule has 0 saturated carbocycles. The maximum Gasteiger partial charge on any atom is 0.322 e. The topological polar surface area (TPSA) is 52.6 Å². The zero-order chi connectivity index (χ0) is 14.7. The smallest absolute Gasteiger partial charge is 0.322 e. The van der Waals surface area contributed by atoms with E-state index < -0.39 is 0 Å². The molecule has 1 heterocycles. The Kier molecular flexibility index (Phi) is 4.89. The van der Waals surface area contributed by atoms with E-state index in [2.05, 4.69) is 12.2 Å². The third-order valence-corrected chi connectivity index (χ3v) is 4.48. The van der Waals surface area contributed by atoms with E-state index in [0.717, 1.165) is 24.1 Å². The Bertz CT molecular complexity index is 493. The third kappa shape index (κ3) is 3.07. The van der Waals surface area contributed by atoms with Crippen molar-refractivity contribution < 1.29 is 9.90 Å². The molecule has 0 radical (unpaired) electrons. The molecule has 2 rings (SSSR count). The van der Waals surface area contributed by atoms with Crippen molar-refractivity contribution in [1.82, 2.24) is 4.90 Å². The van der Waals surface area contributed by atoms with Crippen molar-refractivity contribution >= 4 is 23.3 Å². The fourth-order valence-electron chi connectivity index (χ4n) is 2.71. The Morgan fingerprint density at radius 3 is 3.00 bits per heavy atom. The highest BCUT2D eigenvalue weighted by molar-refractivity contribution is 6.31. The van der Waals surface area contributed by atoms with Crippen LogP contribution >= 0.6 is 11.6 Å². The highest BCUT2D eigenvalue weighted by Crippen LogP contribution is 2.26. The number of hydrogen-bond donors (Lipinski definition) is 2.